The fraction of sp³-hybridized carbons (Fsp3) is 0.263. The molecule has 2 aromatic rings. The van der Waals surface area contributed by atoms with Gasteiger partial charge in [-0.15, -0.1) is 0 Å². The molecule has 3 atom stereocenters. The quantitative estimate of drug-likeness (QED) is 0.604. The fourth-order valence-corrected chi connectivity index (χ4v) is 2.84. The second kappa shape index (κ2) is 8.14. The smallest absolute Gasteiger partial charge is 0.338 e. The summed E-state index contributed by atoms with van der Waals surface area (Å²) in [5.74, 6) is -0.922. The van der Waals surface area contributed by atoms with Crippen LogP contribution < -0.4 is 0 Å². The van der Waals surface area contributed by atoms with Crippen molar-refractivity contribution in [2.24, 2.45) is 0 Å². The summed E-state index contributed by atoms with van der Waals surface area (Å²) in [7, 11) is 0. The van der Waals surface area contributed by atoms with Gasteiger partial charge in [-0.3, -0.25) is 0 Å². The fourth-order valence-electron chi connectivity index (χ4n) is 2.53. The summed E-state index contributed by atoms with van der Waals surface area (Å²) in [4.78, 5) is 24.2. The minimum atomic E-state index is -0.595. The molecule has 1 unspecified atom stereocenters. The third-order valence-corrected chi connectivity index (χ3v) is 4.09. The molecule has 1 saturated heterocycles. The van der Waals surface area contributed by atoms with E-state index in [-0.39, 0.29) is 6.61 Å². The van der Waals surface area contributed by atoms with Crippen molar-refractivity contribution in [3.8, 4) is 0 Å². The zero-order chi connectivity index (χ0) is 17.6. The van der Waals surface area contributed by atoms with Gasteiger partial charge in [0.05, 0.1) is 11.1 Å². The second-order valence-electron chi connectivity index (χ2n) is 5.59. The van der Waals surface area contributed by atoms with Crippen LogP contribution in [0.4, 0.5) is 0 Å². The summed E-state index contributed by atoms with van der Waals surface area (Å²) >= 11 is 6.01. The van der Waals surface area contributed by atoms with E-state index in [4.69, 9.17) is 25.8 Å². The highest BCUT2D eigenvalue weighted by Gasteiger charge is 2.38. The van der Waals surface area contributed by atoms with E-state index in [0.717, 1.165) is 0 Å². The zero-order valence-electron chi connectivity index (χ0n) is 13.3. The molecular formula is C19H17ClO5. The van der Waals surface area contributed by atoms with Crippen LogP contribution in [0.5, 0.6) is 0 Å². The molecule has 1 aliphatic rings. The van der Waals surface area contributed by atoms with Crippen LogP contribution >= 0.6 is 11.6 Å². The van der Waals surface area contributed by atoms with Crippen molar-refractivity contribution >= 4 is 23.5 Å². The number of ether oxygens (including phenoxy) is 3. The minimum absolute atomic E-state index is 0.0380. The highest BCUT2D eigenvalue weighted by atomic mass is 35.5. The second-order valence-corrected chi connectivity index (χ2v) is 6.08. The normalized spacial score (nSPS) is 22.4. The average molecular weight is 361 g/mol. The van der Waals surface area contributed by atoms with Crippen LogP contribution in [0.3, 0.4) is 0 Å². The van der Waals surface area contributed by atoms with E-state index in [1.807, 2.05) is 12.1 Å². The zero-order valence-corrected chi connectivity index (χ0v) is 14.1. The van der Waals surface area contributed by atoms with E-state index in [9.17, 15) is 9.59 Å². The van der Waals surface area contributed by atoms with E-state index < -0.39 is 29.7 Å². The van der Waals surface area contributed by atoms with Crippen molar-refractivity contribution < 1.29 is 23.8 Å². The Morgan fingerprint density at radius 3 is 2.12 bits per heavy atom. The standard InChI is InChI=1S/C19H17ClO5/c20-17-11-15(25-19(22)14-9-5-2-6-10-14)16(24-17)12-23-18(21)13-7-3-1-4-8-13/h1-10,15-17H,11-12H2/t15-,16+,17?/m0/s1. The van der Waals surface area contributed by atoms with Crippen molar-refractivity contribution in [1.29, 1.82) is 0 Å². The first-order valence-corrected chi connectivity index (χ1v) is 8.35. The van der Waals surface area contributed by atoms with Crippen LogP contribution in [-0.2, 0) is 14.2 Å². The Morgan fingerprint density at radius 1 is 0.960 bits per heavy atom. The molecule has 0 saturated carbocycles. The number of benzene rings is 2. The molecule has 6 heteroatoms. The molecule has 0 amide bonds. The molecule has 1 heterocycles. The van der Waals surface area contributed by atoms with Gasteiger partial charge in [0.25, 0.3) is 0 Å². The molecule has 0 radical (unpaired) electrons. The van der Waals surface area contributed by atoms with E-state index in [2.05, 4.69) is 0 Å². The Balaban J connectivity index is 1.58. The van der Waals surface area contributed by atoms with Crippen molar-refractivity contribution in [3.05, 3.63) is 71.8 Å². The van der Waals surface area contributed by atoms with E-state index in [1.165, 1.54) is 0 Å². The molecule has 5 nitrogen and oxygen atoms in total. The molecule has 0 bridgehead atoms. The molecule has 0 spiro atoms. The minimum Gasteiger partial charge on any atom is -0.459 e. The molecule has 2 aromatic carbocycles. The molecule has 0 aliphatic carbocycles. The number of alkyl halides is 1. The highest BCUT2D eigenvalue weighted by molar-refractivity contribution is 6.19. The molecule has 1 aliphatic heterocycles. The van der Waals surface area contributed by atoms with Crippen LogP contribution in [0.2, 0.25) is 0 Å². The summed E-state index contributed by atoms with van der Waals surface area (Å²) in [6.45, 7) is -0.0380. The van der Waals surface area contributed by atoms with Gasteiger partial charge >= 0.3 is 11.9 Å². The summed E-state index contributed by atoms with van der Waals surface area (Å²) in [5, 5.41) is 0. The van der Waals surface area contributed by atoms with Gasteiger partial charge in [0.2, 0.25) is 0 Å². The van der Waals surface area contributed by atoms with Gasteiger partial charge in [-0.1, -0.05) is 48.0 Å². The number of rotatable bonds is 5. The number of halogens is 1. The Labute approximate surface area is 150 Å². The van der Waals surface area contributed by atoms with Gasteiger partial charge in [0.1, 0.15) is 24.4 Å². The van der Waals surface area contributed by atoms with Gasteiger partial charge in [0.15, 0.2) is 0 Å². The van der Waals surface area contributed by atoms with Crippen LogP contribution in [0.1, 0.15) is 27.1 Å². The third-order valence-electron chi connectivity index (χ3n) is 3.81. The lowest BCUT2D eigenvalue weighted by Gasteiger charge is -2.18. The Morgan fingerprint density at radius 2 is 1.52 bits per heavy atom. The lowest BCUT2D eigenvalue weighted by Crippen LogP contribution is -2.32. The SMILES string of the molecule is O=C(OC[C@H]1OC(Cl)C[C@@H]1OC(=O)c1ccccc1)c1ccccc1. The van der Waals surface area contributed by atoms with Crippen LogP contribution in [0, 0.1) is 0 Å². The number of hydrogen-bond acceptors (Lipinski definition) is 5. The van der Waals surface area contributed by atoms with Crippen LogP contribution in [0.25, 0.3) is 0 Å². The van der Waals surface area contributed by atoms with E-state index >= 15 is 0 Å². The first-order chi connectivity index (χ1) is 12.1. The Kier molecular flexibility index (Phi) is 5.68. The lowest BCUT2D eigenvalue weighted by molar-refractivity contribution is -0.0322. The largest absolute Gasteiger partial charge is 0.459 e. The van der Waals surface area contributed by atoms with E-state index in [1.54, 1.807) is 48.5 Å². The summed E-state index contributed by atoms with van der Waals surface area (Å²) in [6.07, 6.45) is -0.824. The van der Waals surface area contributed by atoms with Gasteiger partial charge in [0, 0.05) is 6.42 Å². The molecule has 130 valence electrons. The van der Waals surface area contributed by atoms with Gasteiger partial charge in [-0.05, 0) is 24.3 Å². The molecule has 0 aromatic heterocycles. The Hall–Kier alpha value is -2.37. The number of carbonyl (C=O) groups is 2. The summed E-state index contributed by atoms with van der Waals surface area (Å²) in [5.41, 5.74) is 0.301. The first kappa shape index (κ1) is 17.5. The molecule has 1 fully saturated rings. The molecule has 25 heavy (non-hydrogen) atoms. The topological polar surface area (TPSA) is 61.8 Å². The van der Waals surface area contributed by atoms with Crippen molar-refractivity contribution in [1.82, 2.24) is 0 Å². The monoisotopic (exact) mass is 360 g/mol. The third kappa shape index (κ3) is 4.59. The maximum Gasteiger partial charge on any atom is 0.338 e. The predicted molar refractivity (Wildman–Crippen MR) is 91.5 cm³/mol. The number of esters is 2. The number of hydrogen-bond donors (Lipinski definition) is 0. The van der Waals surface area contributed by atoms with Crippen molar-refractivity contribution in [2.45, 2.75) is 24.2 Å². The van der Waals surface area contributed by atoms with Gasteiger partial charge in [-0.25, -0.2) is 9.59 Å². The number of carbonyl (C=O) groups excluding carboxylic acids is 2. The van der Waals surface area contributed by atoms with Crippen molar-refractivity contribution in [2.75, 3.05) is 6.61 Å². The molecule has 0 N–H and O–H groups in total. The first-order valence-electron chi connectivity index (χ1n) is 7.91. The van der Waals surface area contributed by atoms with Crippen molar-refractivity contribution in [3.63, 3.8) is 0 Å². The van der Waals surface area contributed by atoms with Gasteiger partial charge < -0.3 is 14.2 Å². The lowest BCUT2D eigenvalue weighted by atomic mass is 10.2. The predicted octanol–water partition coefficient (Wildman–Crippen LogP) is 3.42. The van der Waals surface area contributed by atoms with Crippen LogP contribution in [-0.4, -0.2) is 36.3 Å². The summed E-state index contributed by atoms with van der Waals surface area (Å²) < 4.78 is 16.3. The van der Waals surface area contributed by atoms with Gasteiger partial charge in [-0.2, -0.15) is 0 Å². The molecule has 3 rings (SSSR count). The molecular weight excluding hydrogens is 344 g/mol. The summed E-state index contributed by atoms with van der Waals surface area (Å²) in [6, 6.07) is 17.3. The van der Waals surface area contributed by atoms with Crippen LogP contribution in [0.15, 0.2) is 60.7 Å². The maximum absolute atomic E-state index is 12.2. The highest BCUT2D eigenvalue weighted by Crippen LogP contribution is 2.27. The Bertz CT molecular complexity index is 719. The average Bonchev–Trinajstić information content (AvgIpc) is 3.00. The maximum atomic E-state index is 12.2. The van der Waals surface area contributed by atoms with E-state index in [0.29, 0.717) is 17.5 Å².